The van der Waals surface area contributed by atoms with E-state index in [1.807, 2.05) is 0 Å². The molecule has 4 aromatic carbocycles. The number of morpholine rings is 1. The van der Waals surface area contributed by atoms with Crippen LogP contribution in [0, 0.1) is 11.6 Å². The molecule has 7 rings (SSSR count). The van der Waals surface area contributed by atoms with Crippen LogP contribution in [0.1, 0.15) is 34.3 Å². The standard InChI is InChI=1S/C40H37F5N4O5/c1-47-33-13-3-2-9-29(33)36(40(43,44)45)34(38(47)51)28-12-7-10-26-23(8-6-11-27(26)28)18-32(39(52)53)46-37(50)35-30(41)19-24(20-31(35)42)49-16-17-54-25(22-49)21-48-14-4-5-15-48/h2-3,6-13,19-20,25,32H,4-5,14-18,21-22H2,1H3,(H,46,50)(H,52,53)/t25?,32-/m0/s1. The normalized spacial score (nSPS) is 17.3. The third-order valence-corrected chi connectivity index (χ3v) is 10.3. The van der Waals surface area contributed by atoms with Gasteiger partial charge in [-0.3, -0.25) is 9.59 Å². The lowest BCUT2D eigenvalue weighted by Gasteiger charge is -2.36. The van der Waals surface area contributed by atoms with Gasteiger partial charge in [-0.05, 0) is 66.0 Å². The van der Waals surface area contributed by atoms with Crippen molar-refractivity contribution < 1.29 is 41.4 Å². The number of benzene rings is 4. The fraction of sp³-hybridized carbons (Fsp3) is 0.325. The van der Waals surface area contributed by atoms with Gasteiger partial charge in [-0.1, -0.05) is 54.6 Å². The number of aryl methyl sites for hydroxylation is 1. The van der Waals surface area contributed by atoms with Crippen molar-refractivity contribution in [3.63, 3.8) is 0 Å². The van der Waals surface area contributed by atoms with Crippen LogP contribution in [0.4, 0.5) is 27.6 Å². The van der Waals surface area contributed by atoms with Gasteiger partial charge >= 0.3 is 12.1 Å². The smallest absolute Gasteiger partial charge is 0.417 e. The molecular weight excluding hydrogens is 711 g/mol. The molecule has 1 amide bonds. The van der Waals surface area contributed by atoms with E-state index in [2.05, 4.69) is 10.2 Å². The van der Waals surface area contributed by atoms with E-state index in [9.17, 15) is 32.7 Å². The summed E-state index contributed by atoms with van der Waals surface area (Å²) < 4.78 is 82.2. The lowest BCUT2D eigenvalue weighted by molar-refractivity contribution is -0.139. The molecular formula is C40H37F5N4O5. The molecule has 0 bridgehead atoms. The second-order valence-corrected chi connectivity index (χ2v) is 13.7. The number of hydrogen-bond donors (Lipinski definition) is 2. The van der Waals surface area contributed by atoms with Crippen LogP contribution in [0.5, 0.6) is 0 Å². The fourth-order valence-corrected chi connectivity index (χ4v) is 7.74. The summed E-state index contributed by atoms with van der Waals surface area (Å²) in [5.41, 5.74) is -2.86. The number of carboxylic acids is 1. The first-order valence-corrected chi connectivity index (χ1v) is 17.6. The number of carbonyl (C=O) groups is 2. The molecule has 2 saturated heterocycles. The quantitative estimate of drug-likeness (QED) is 0.169. The number of aliphatic carboxylic acids is 1. The molecule has 0 spiro atoms. The molecule has 9 nitrogen and oxygen atoms in total. The average molecular weight is 749 g/mol. The molecule has 1 aromatic heterocycles. The number of likely N-dealkylation sites (tertiary alicyclic amines) is 1. The highest BCUT2D eigenvalue weighted by Gasteiger charge is 2.38. The predicted molar refractivity (Wildman–Crippen MR) is 194 cm³/mol. The van der Waals surface area contributed by atoms with Crippen LogP contribution in [-0.2, 0) is 29.2 Å². The van der Waals surface area contributed by atoms with Crippen molar-refractivity contribution in [2.24, 2.45) is 7.05 Å². The second kappa shape index (κ2) is 14.8. The van der Waals surface area contributed by atoms with Crippen molar-refractivity contribution in [2.75, 3.05) is 44.2 Å². The van der Waals surface area contributed by atoms with Crippen LogP contribution in [0.15, 0.2) is 77.6 Å². The molecule has 2 N–H and O–H groups in total. The van der Waals surface area contributed by atoms with E-state index in [0.29, 0.717) is 37.2 Å². The number of nitrogens with one attached hydrogen (secondary N) is 1. The van der Waals surface area contributed by atoms with Crippen LogP contribution >= 0.6 is 0 Å². The van der Waals surface area contributed by atoms with Crippen molar-refractivity contribution in [2.45, 2.75) is 37.6 Å². The Kier molecular flexibility index (Phi) is 10.2. The molecule has 0 aliphatic carbocycles. The number of pyridine rings is 1. The average Bonchev–Trinajstić information content (AvgIpc) is 3.65. The Morgan fingerprint density at radius 2 is 1.59 bits per heavy atom. The maximum Gasteiger partial charge on any atom is 0.417 e. The molecule has 2 fully saturated rings. The van der Waals surface area contributed by atoms with Gasteiger partial charge in [0.15, 0.2) is 0 Å². The fourth-order valence-electron chi connectivity index (χ4n) is 7.74. The zero-order valence-electron chi connectivity index (χ0n) is 29.3. The molecule has 0 radical (unpaired) electrons. The highest BCUT2D eigenvalue weighted by atomic mass is 19.4. The Morgan fingerprint density at radius 3 is 2.30 bits per heavy atom. The Morgan fingerprint density at radius 1 is 0.926 bits per heavy atom. The highest BCUT2D eigenvalue weighted by molar-refractivity contribution is 6.02. The van der Waals surface area contributed by atoms with Crippen molar-refractivity contribution in [1.29, 1.82) is 0 Å². The number of carboxylic acid groups (broad SMARTS) is 1. The van der Waals surface area contributed by atoms with Gasteiger partial charge in [0.05, 0.1) is 29.4 Å². The first-order chi connectivity index (χ1) is 25.8. The van der Waals surface area contributed by atoms with Gasteiger partial charge in [0.2, 0.25) is 0 Å². The van der Waals surface area contributed by atoms with Gasteiger partial charge in [0.1, 0.15) is 23.2 Å². The summed E-state index contributed by atoms with van der Waals surface area (Å²) in [6.07, 6.45) is -3.22. The van der Waals surface area contributed by atoms with E-state index < -0.39 is 64.4 Å². The Bertz CT molecular complexity index is 2300. The minimum atomic E-state index is -4.90. The number of para-hydroxylation sites is 1. The Balaban J connectivity index is 1.17. The minimum Gasteiger partial charge on any atom is -0.480 e. The van der Waals surface area contributed by atoms with Crippen molar-refractivity contribution in [3.8, 4) is 11.1 Å². The Hall–Kier alpha value is -5.34. The molecule has 2 aliphatic heterocycles. The number of hydrogen-bond acceptors (Lipinski definition) is 6. The number of aromatic nitrogens is 1. The first-order valence-electron chi connectivity index (χ1n) is 17.6. The lowest BCUT2D eigenvalue weighted by atomic mass is 9.90. The molecule has 3 heterocycles. The molecule has 5 aromatic rings. The van der Waals surface area contributed by atoms with Crippen LogP contribution < -0.4 is 15.8 Å². The van der Waals surface area contributed by atoms with Gasteiger partial charge in [-0.25, -0.2) is 13.6 Å². The number of rotatable bonds is 9. The number of halogens is 5. The van der Waals surface area contributed by atoms with Crippen molar-refractivity contribution >= 4 is 39.2 Å². The van der Waals surface area contributed by atoms with Crippen molar-refractivity contribution in [1.82, 2.24) is 14.8 Å². The van der Waals surface area contributed by atoms with E-state index in [1.54, 1.807) is 11.0 Å². The van der Waals surface area contributed by atoms with E-state index in [-0.39, 0.29) is 33.6 Å². The molecule has 54 heavy (non-hydrogen) atoms. The number of anilines is 1. The SMILES string of the molecule is Cn1c(=O)c(-c2cccc3c(C[C@H](NC(=O)c4c(F)cc(N5CCOC(CN6CCCC6)C5)cc4F)C(=O)O)cccc23)c(C(F)(F)F)c2ccccc21. The first kappa shape index (κ1) is 37.0. The number of ether oxygens (including phenoxy) is 1. The van der Waals surface area contributed by atoms with Gasteiger partial charge in [-0.15, -0.1) is 0 Å². The van der Waals surface area contributed by atoms with Crippen LogP contribution in [0.3, 0.4) is 0 Å². The molecule has 2 atom stereocenters. The summed E-state index contributed by atoms with van der Waals surface area (Å²) >= 11 is 0. The largest absolute Gasteiger partial charge is 0.480 e. The summed E-state index contributed by atoms with van der Waals surface area (Å²) in [5.74, 6) is -5.12. The summed E-state index contributed by atoms with van der Waals surface area (Å²) in [6, 6.07) is 15.1. The number of fused-ring (bicyclic) bond motifs is 2. The zero-order chi connectivity index (χ0) is 38.3. The summed E-state index contributed by atoms with van der Waals surface area (Å²) in [4.78, 5) is 43.4. The second-order valence-electron chi connectivity index (χ2n) is 13.7. The highest BCUT2D eigenvalue weighted by Crippen LogP contribution is 2.42. The molecule has 282 valence electrons. The van der Waals surface area contributed by atoms with Crippen molar-refractivity contribution in [3.05, 3.63) is 111 Å². The summed E-state index contributed by atoms with van der Waals surface area (Å²) in [7, 11) is 1.39. The zero-order valence-corrected chi connectivity index (χ0v) is 29.3. The van der Waals surface area contributed by atoms with Crippen LogP contribution in [0.25, 0.3) is 32.8 Å². The van der Waals surface area contributed by atoms with Gasteiger partial charge < -0.3 is 29.5 Å². The molecule has 1 unspecified atom stereocenters. The van der Waals surface area contributed by atoms with E-state index in [0.717, 1.165) is 42.6 Å². The number of nitrogens with zero attached hydrogens (tertiary/aromatic N) is 3. The topological polar surface area (TPSA) is 104 Å². The predicted octanol–water partition coefficient (Wildman–Crippen LogP) is 6.38. The van der Waals surface area contributed by atoms with E-state index >= 15 is 8.78 Å². The van der Waals surface area contributed by atoms with Gasteiger partial charge in [0.25, 0.3) is 11.5 Å². The van der Waals surface area contributed by atoms with E-state index in [1.165, 1.54) is 61.6 Å². The maximum atomic E-state index is 15.5. The van der Waals surface area contributed by atoms with Gasteiger partial charge in [0, 0.05) is 44.2 Å². The maximum absolute atomic E-state index is 15.5. The summed E-state index contributed by atoms with van der Waals surface area (Å²) in [5, 5.41) is 12.7. The number of alkyl halides is 3. The van der Waals surface area contributed by atoms with E-state index in [4.69, 9.17) is 4.74 Å². The molecule has 2 aliphatic rings. The lowest BCUT2D eigenvalue weighted by Crippen LogP contribution is -2.47. The minimum absolute atomic E-state index is 0.0178. The summed E-state index contributed by atoms with van der Waals surface area (Å²) in [6.45, 7) is 3.81. The Labute approximate surface area is 306 Å². The molecule has 0 saturated carbocycles. The number of carbonyl (C=O) groups excluding carboxylic acids is 1. The number of amides is 1. The third-order valence-electron chi connectivity index (χ3n) is 10.3. The monoisotopic (exact) mass is 748 g/mol. The molecule has 14 heteroatoms. The van der Waals surface area contributed by atoms with Crippen LogP contribution in [0.2, 0.25) is 0 Å². The van der Waals surface area contributed by atoms with Crippen LogP contribution in [-0.4, -0.2) is 77.9 Å². The third kappa shape index (κ3) is 7.15. The van der Waals surface area contributed by atoms with Gasteiger partial charge in [-0.2, -0.15) is 13.2 Å².